The van der Waals surface area contributed by atoms with Gasteiger partial charge in [0.25, 0.3) is 0 Å². The highest BCUT2D eigenvalue weighted by Gasteiger charge is 2.35. The minimum absolute atomic E-state index is 0.480. The molecule has 2 heterocycles. The molecular weight excluding hydrogens is 228 g/mol. The van der Waals surface area contributed by atoms with Crippen LogP contribution in [0.15, 0.2) is 0 Å². The first-order valence-electron chi connectivity index (χ1n) is 7.01. The van der Waals surface area contributed by atoms with Gasteiger partial charge in [-0.05, 0) is 43.5 Å². The summed E-state index contributed by atoms with van der Waals surface area (Å²) in [6, 6.07) is 1.44. The summed E-state index contributed by atoms with van der Waals surface area (Å²) in [7, 11) is 2.24. The second-order valence-corrected chi connectivity index (χ2v) is 7.82. The molecule has 0 spiro atoms. The molecule has 1 N–H and O–H groups in total. The zero-order chi connectivity index (χ0) is 12.5. The monoisotopic (exact) mass is 256 g/mol. The quantitative estimate of drug-likeness (QED) is 0.817. The summed E-state index contributed by atoms with van der Waals surface area (Å²) < 4.78 is 0. The van der Waals surface area contributed by atoms with Crippen molar-refractivity contribution in [3.63, 3.8) is 0 Å². The molecule has 17 heavy (non-hydrogen) atoms. The Morgan fingerprint density at radius 1 is 1.35 bits per heavy atom. The van der Waals surface area contributed by atoms with Gasteiger partial charge in [-0.25, -0.2) is 0 Å². The summed E-state index contributed by atoms with van der Waals surface area (Å²) in [5, 5.41) is 3.97. The van der Waals surface area contributed by atoms with Crippen LogP contribution in [0.5, 0.6) is 0 Å². The predicted octanol–water partition coefficient (Wildman–Crippen LogP) is 2.45. The van der Waals surface area contributed by atoms with E-state index < -0.39 is 0 Å². The van der Waals surface area contributed by atoms with E-state index in [1.165, 1.54) is 37.4 Å². The largest absolute Gasteiger partial charge is 0.310 e. The number of rotatable bonds is 2. The molecule has 2 aliphatic rings. The average Bonchev–Trinajstić information content (AvgIpc) is 2.24. The third-order valence-electron chi connectivity index (χ3n) is 4.64. The van der Waals surface area contributed by atoms with E-state index in [1.807, 2.05) is 0 Å². The Kier molecular flexibility index (Phi) is 4.43. The Bertz CT molecular complexity index is 255. The third kappa shape index (κ3) is 3.39. The highest BCUT2D eigenvalue weighted by molar-refractivity contribution is 7.99. The summed E-state index contributed by atoms with van der Waals surface area (Å²) in [5.74, 6) is 3.43. The molecule has 3 atom stereocenters. The highest BCUT2D eigenvalue weighted by atomic mass is 32.2. The number of thioether (sulfide) groups is 1. The van der Waals surface area contributed by atoms with E-state index in [4.69, 9.17) is 0 Å². The number of piperidine rings is 1. The lowest BCUT2D eigenvalue weighted by Gasteiger charge is -2.44. The number of hydrogen-bond donors (Lipinski definition) is 1. The summed E-state index contributed by atoms with van der Waals surface area (Å²) in [5.41, 5.74) is 0.480. The molecule has 2 aliphatic heterocycles. The Labute approximate surface area is 111 Å². The van der Waals surface area contributed by atoms with Gasteiger partial charge in [0.05, 0.1) is 0 Å². The van der Waals surface area contributed by atoms with Crippen LogP contribution in [0, 0.1) is 11.3 Å². The highest BCUT2D eigenvalue weighted by Crippen LogP contribution is 2.35. The molecule has 2 nitrogen and oxygen atoms in total. The molecule has 0 saturated carbocycles. The van der Waals surface area contributed by atoms with Crippen molar-refractivity contribution < 1.29 is 0 Å². The van der Waals surface area contributed by atoms with Crippen LogP contribution >= 0.6 is 11.8 Å². The van der Waals surface area contributed by atoms with Crippen molar-refractivity contribution in [1.82, 2.24) is 10.2 Å². The first kappa shape index (κ1) is 13.7. The molecule has 3 heteroatoms. The number of nitrogens with zero attached hydrogens (tertiary/aromatic N) is 1. The Morgan fingerprint density at radius 3 is 2.76 bits per heavy atom. The number of hydrogen-bond acceptors (Lipinski definition) is 3. The smallest absolute Gasteiger partial charge is 0.0212 e. The molecule has 0 aliphatic carbocycles. The van der Waals surface area contributed by atoms with Gasteiger partial charge in [0.2, 0.25) is 0 Å². The van der Waals surface area contributed by atoms with Crippen LogP contribution in [-0.4, -0.2) is 48.6 Å². The lowest BCUT2D eigenvalue weighted by Crippen LogP contribution is -2.55. The van der Waals surface area contributed by atoms with Gasteiger partial charge in [-0.15, -0.1) is 0 Å². The van der Waals surface area contributed by atoms with Crippen LogP contribution in [-0.2, 0) is 0 Å². The fourth-order valence-corrected chi connectivity index (χ4v) is 4.69. The molecule has 0 aromatic heterocycles. The second kappa shape index (κ2) is 5.50. The normalized spacial score (nSPS) is 39.2. The Morgan fingerprint density at radius 2 is 2.12 bits per heavy atom. The summed E-state index contributed by atoms with van der Waals surface area (Å²) in [6.45, 7) is 9.77. The van der Waals surface area contributed by atoms with Crippen molar-refractivity contribution in [3.05, 3.63) is 0 Å². The van der Waals surface area contributed by atoms with Gasteiger partial charge in [-0.3, -0.25) is 0 Å². The number of likely N-dealkylation sites (tertiary alicyclic amines) is 1. The lowest BCUT2D eigenvalue weighted by molar-refractivity contribution is 0.139. The maximum atomic E-state index is 3.97. The van der Waals surface area contributed by atoms with Crippen LogP contribution in [0.1, 0.15) is 33.6 Å². The molecule has 2 fully saturated rings. The van der Waals surface area contributed by atoms with E-state index in [2.05, 4.69) is 49.8 Å². The lowest BCUT2D eigenvalue weighted by atomic mass is 9.81. The minimum Gasteiger partial charge on any atom is -0.310 e. The van der Waals surface area contributed by atoms with E-state index in [0.717, 1.165) is 12.0 Å². The predicted molar refractivity (Wildman–Crippen MR) is 77.7 cm³/mol. The van der Waals surface area contributed by atoms with Crippen molar-refractivity contribution >= 4 is 11.8 Å². The molecule has 0 aromatic carbocycles. The van der Waals surface area contributed by atoms with Crippen LogP contribution in [0.4, 0.5) is 0 Å². The van der Waals surface area contributed by atoms with E-state index in [-0.39, 0.29) is 0 Å². The molecule has 0 aromatic rings. The molecule has 0 amide bonds. The van der Waals surface area contributed by atoms with Crippen LogP contribution in [0.3, 0.4) is 0 Å². The number of nitrogens with one attached hydrogen (secondary N) is 1. The average molecular weight is 256 g/mol. The van der Waals surface area contributed by atoms with E-state index in [9.17, 15) is 0 Å². The Balaban J connectivity index is 1.91. The van der Waals surface area contributed by atoms with Gasteiger partial charge >= 0.3 is 0 Å². The molecule has 2 saturated heterocycles. The van der Waals surface area contributed by atoms with E-state index >= 15 is 0 Å². The van der Waals surface area contributed by atoms with Gasteiger partial charge in [0.15, 0.2) is 0 Å². The maximum absolute atomic E-state index is 3.97. The van der Waals surface area contributed by atoms with Crippen LogP contribution < -0.4 is 5.32 Å². The SMILES string of the molecule is CC1CN(C)CCC1NC1CSCCC1(C)C. The van der Waals surface area contributed by atoms with Crippen molar-refractivity contribution in [1.29, 1.82) is 0 Å². The van der Waals surface area contributed by atoms with Crippen LogP contribution in [0.25, 0.3) is 0 Å². The summed E-state index contributed by atoms with van der Waals surface area (Å²) in [4.78, 5) is 2.46. The van der Waals surface area contributed by atoms with Gasteiger partial charge in [0.1, 0.15) is 0 Å². The van der Waals surface area contributed by atoms with Crippen molar-refractivity contribution in [2.45, 2.75) is 45.7 Å². The first-order valence-corrected chi connectivity index (χ1v) is 8.17. The molecule has 3 unspecified atom stereocenters. The van der Waals surface area contributed by atoms with E-state index in [1.54, 1.807) is 0 Å². The third-order valence-corrected chi connectivity index (χ3v) is 5.70. The molecule has 100 valence electrons. The summed E-state index contributed by atoms with van der Waals surface area (Å²) in [6.07, 6.45) is 2.67. The minimum atomic E-state index is 0.480. The van der Waals surface area contributed by atoms with Crippen molar-refractivity contribution in [3.8, 4) is 0 Å². The Hall–Kier alpha value is 0.270. The second-order valence-electron chi connectivity index (χ2n) is 6.67. The standard InChI is InChI=1S/C14H28N2S/c1-11-9-16(4)7-5-12(11)15-13-10-17-8-6-14(13,2)3/h11-13,15H,5-10H2,1-4H3. The van der Waals surface area contributed by atoms with Gasteiger partial charge in [-0.2, -0.15) is 11.8 Å². The van der Waals surface area contributed by atoms with Gasteiger partial charge in [-0.1, -0.05) is 20.8 Å². The van der Waals surface area contributed by atoms with Crippen LogP contribution in [0.2, 0.25) is 0 Å². The zero-order valence-corrected chi connectivity index (χ0v) is 12.6. The first-order chi connectivity index (χ1) is 7.99. The van der Waals surface area contributed by atoms with Crippen molar-refractivity contribution in [2.24, 2.45) is 11.3 Å². The molecule has 2 rings (SSSR count). The zero-order valence-electron chi connectivity index (χ0n) is 11.8. The fourth-order valence-electron chi connectivity index (χ4n) is 3.07. The molecule has 0 radical (unpaired) electrons. The van der Waals surface area contributed by atoms with Gasteiger partial charge < -0.3 is 10.2 Å². The molecule has 0 bridgehead atoms. The fraction of sp³-hybridized carbons (Fsp3) is 1.00. The topological polar surface area (TPSA) is 15.3 Å². The maximum Gasteiger partial charge on any atom is 0.0212 e. The van der Waals surface area contributed by atoms with Crippen molar-refractivity contribution in [2.75, 3.05) is 31.6 Å². The van der Waals surface area contributed by atoms with Gasteiger partial charge in [0, 0.05) is 24.4 Å². The van der Waals surface area contributed by atoms with E-state index in [0.29, 0.717) is 11.5 Å². The molecular formula is C14H28N2S. The summed E-state index contributed by atoms with van der Waals surface area (Å²) >= 11 is 2.12.